The van der Waals surface area contributed by atoms with Gasteiger partial charge in [0.2, 0.25) is 0 Å². The monoisotopic (exact) mass is 220 g/mol. The van der Waals surface area contributed by atoms with E-state index in [0.717, 1.165) is 16.9 Å². The molecule has 1 aliphatic rings. The van der Waals surface area contributed by atoms with Gasteiger partial charge in [-0.05, 0) is 31.9 Å². The summed E-state index contributed by atoms with van der Waals surface area (Å²) in [7, 11) is 0. The number of rotatable bonds is 1. The van der Waals surface area contributed by atoms with Crippen LogP contribution in [0.15, 0.2) is 18.2 Å². The Labute approximate surface area is 97.3 Å². The highest BCUT2D eigenvalue weighted by molar-refractivity contribution is 5.40. The highest BCUT2D eigenvalue weighted by Gasteiger charge is 2.38. The van der Waals surface area contributed by atoms with E-state index in [1.165, 1.54) is 0 Å². The smallest absolute Gasteiger partial charge is 0.125 e. The van der Waals surface area contributed by atoms with E-state index in [0.29, 0.717) is 12.3 Å². The molecule has 0 bridgehead atoms. The molecule has 0 amide bonds. The first-order valence-corrected chi connectivity index (χ1v) is 5.90. The Morgan fingerprint density at radius 2 is 2.12 bits per heavy atom. The number of hydrogen-bond acceptors (Lipinski definition) is 2. The SMILES string of the molecule is Cc1ccc2c(c1)[C@@H](O)CC(C)(C(C)C)O2. The molecule has 0 aliphatic carbocycles. The van der Waals surface area contributed by atoms with Gasteiger partial charge in [0.05, 0.1) is 6.10 Å². The molecule has 2 rings (SSSR count). The summed E-state index contributed by atoms with van der Waals surface area (Å²) < 4.78 is 6.05. The van der Waals surface area contributed by atoms with E-state index in [1.54, 1.807) is 0 Å². The van der Waals surface area contributed by atoms with Crippen LogP contribution in [0.2, 0.25) is 0 Å². The molecule has 1 unspecified atom stereocenters. The van der Waals surface area contributed by atoms with Gasteiger partial charge in [0.25, 0.3) is 0 Å². The molecule has 0 spiro atoms. The average Bonchev–Trinajstić information content (AvgIpc) is 2.19. The Kier molecular flexibility index (Phi) is 2.70. The van der Waals surface area contributed by atoms with Crippen LogP contribution in [0.25, 0.3) is 0 Å². The number of fused-ring (bicyclic) bond motifs is 1. The van der Waals surface area contributed by atoms with Crippen molar-refractivity contribution in [3.05, 3.63) is 29.3 Å². The fourth-order valence-corrected chi connectivity index (χ4v) is 2.16. The van der Waals surface area contributed by atoms with E-state index in [4.69, 9.17) is 4.74 Å². The second-order valence-electron chi connectivity index (χ2n) is 5.33. The maximum absolute atomic E-state index is 10.2. The summed E-state index contributed by atoms with van der Waals surface area (Å²) in [5, 5.41) is 10.2. The number of hydrogen-bond donors (Lipinski definition) is 1. The molecule has 0 radical (unpaired) electrons. The molecule has 2 atom stereocenters. The lowest BCUT2D eigenvalue weighted by molar-refractivity contribution is -0.0322. The van der Waals surface area contributed by atoms with Crippen LogP contribution in [-0.4, -0.2) is 10.7 Å². The number of benzene rings is 1. The zero-order valence-corrected chi connectivity index (χ0v) is 10.4. The maximum atomic E-state index is 10.2. The van der Waals surface area contributed by atoms with Crippen LogP contribution >= 0.6 is 0 Å². The van der Waals surface area contributed by atoms with E-state index < -0.39 is 6.10 Å². The molecule has 88 valence electrons. The van der Waals surface area contributed by atoms with Crippen molar-refractivity contribution in [2.24, 2.45) is 5.92 Å². The summed E-state index contributed by atoms with van der Waals surface area (Å²) in [6.07, 6.45) is 0.261. The van der Waals surface area contributed by atoms with Gasteiger partial charge in [-0.15, -0.1) is 0 Å². The normalized spacial score (nSPS) is 28.8. The molecular weight excluding hydrogens is 200 g/mol. The molecule has 2 heteroatoms. The fourth-order valence-electron chi connectivity index (χ4n) is 2.16. The van der Waals surface area contributed by atoms with Crippen molar-refractivity contribution in [1.82, 2.24) is 0 Å². The third-order valence-corrected chi connectivity index (χ3v) is 3.69. The second kappa shape index (κ2) is 3.77. The van der Waals surface area contributed by atoms with Crippen LogP contribution in [0, 0.1) is 12.8 Å². The van der Waals surface area contributed by atoms with Gasteiger partial charge in [0.15, 0.2) is 0 Å². The highest BCUT2D eigenvalue weighted by atomic mass is 16.5. The third kappa shape index (κ3) is 1.82. The molecule has 1 N–H and O–H groups in total. The molecule has 0 saturated carbocycles. The third-order valence-electron chi connectivity index (χ3n) is 3.69. The minimum Gasteiger partial charge on any atom is -0.487 e. The molecule has 1 aliphatic heterocycles. The van der Waals surface area contributed by atoms with Gasteiger partial charge in [-0.25, -0.2) is 0 Å². The van der Waals surface area contributed by atoms with Gasteiger partial charge in [-0.1, -0.05) is 25.5 Å². The van der Waals surface area contributed by atoms with Gasteiger partial charge in [0, 0.05) is 12.0 Å². The average molecular weight is 220 g/mol. The van der Waals surface area contributed by atoms with Crippen molar-refractivity contribution in [2.45, 2.75) is 45.8 Å². The summed E-state index contributed by atoms with van der Waals surface area (Å²) >= 11 is 0. The fraction of sp³-hybridized carbons (Fsp3) is 0.571. The topological polar surface area (TPSA) is 29.5 Å². The van der Waals surface area contributed by atoms with Crippen LogP contribution in [0.4, 0.5) is 0 Å². The van der Waals surface area contributed by atoms with Crippen molar-refractivity contribution in [1.29, 1.82) is 0 Å². The number of aryl methyl sites for hydroxylation is 1. The van der Waals surface area contributed by atoms with Crippen molar-refractivity contribution < 1.29 is 9.84 Å². The minimum absolute atomic E-state index is 0.262. The van der Waals surface area contributed by atoms with E-state index in [-0.39, 0.29) is 5.60 Å². The molecule has 16 heavy (non-hydrogen) atoms. The summed E-state index contributed by atoms with van der Waals surface area (Å²) in [5.41, 5.74) is 1.83. The van der Waals surface area contributed by atoms with E-state index in [1.807, 2.05) is 25.1 Å². The van der Waals surface area contributed by atoms with Crippen molar-refractivity contribution in [3.8, 4) is 5.75 Å². The van der Waals surface area contributed by atoms with E-state index >= 15 is 0 Å². The number of aliphatic hydroxyl groups is 1. The van der Waals surface area contributed by atoms with Gasteiger partial charge < -0.3 is 9.84 Å². The lowest BCUT2D eigenvalue weighted by atomic mass is 9.82. The molecule has 1 aromatic rings. The highest BCUT2D eigenvalue weighted by Crippen LogP contribution is 2.42. The van der Waals surface area contributed by atoms with Gasteiger partial charge in [-0.2, -0.15) is 0 Å². The molecule has 1 heterocycles. The van der Waals surface area contributed by atoms with Gasteiger partial charge in [-0.3, -0.25) is 0 Å². The Balaban J connectivity index is 2.40. The first-order valence-electron chi connectivity index (χ1n) is 5.90. The quantitative estimate of drug-likeness (QED) is 0.787. The lowest BCUT2D eigenvalue weighted by Gasteiger charge is -2.41. The van der Waals surface area contributed by atoms with Crippen LogP contribution in [0.1, 0.15) is 44.4 Å². The molecule has 0 fully saturated rings. The Bertz CT molecular complexity index is 398. The standard InChI is InChI=1S/C14H20O2/c1-9(2)14(4)8-12(15)11-7-10(3)5-6-13(11)16-14/h5-7,9,12,15H,8H2,1-4H3/t12-,14?/m0/s1. The van der Waals surface area contributed by atoms with Crippen LogP contribution < -0.4 is 4.74 Å². The first-order chi connectivity index (χ1) is 7.42. The summed E-state index contributed by atoms with van der Waals surface area (Å²) in [4.78, 5) is 0. The largest absolute Gasteiger partial charge is 0.487 e. The lowest BCUT2D eigenvalue weighted by Crippen LogP contribution is -2.42. The van der Waals surface area contributed by atoms with E-state index in [9.17, 15) is 5.11 Å². The predicted octanol–water partition coefficient (Wildman–Crippen LogP) is 3.23. The summed E-state index contributed by atoms with van der Waals surface area (Å²) in [6, 6.07) is 6.01. The minimum atomic E-state index is -0.406. The summed E-state index contributed by atoms with van der Waals surface area (Å²) in [5.74, 6) is 1.22. The maximum Gasteiger partial charge on any atom is 0.125 e. The van der Waals surface area contributed by atoms with Crippen molar-refractivity contribution >= 4 is 0 Å². The molecule has 2 nitrogen and oxygen atoms in total. The Morgan fingerprint density at radius 1 is 1.44 bits per heavy atom. The predicted molar refractivity (Wildman–Crippen MR) is 64.6 cm³/mol. The van der Waals surface area contributed by atoms with E-state index in [2.05, 4.69) is 20.8 Å². The van der Waals surface area contributed by atoms with Crippen molar-refractivity contribution in [3.63, 3.8) is 0 Å². The summed E-state index contributed by atoms with van der Waals surface area (Å²) in [6.45, 7) is 8.37. The molecule has 0 saturated heterocycles. The van der Waals surface area contributed by atoms with Crippen LogP contribution in [0.3, 0.4) is 0 Å². The number of ether oxygens (including phenoxy) is 1. The molecular formula is C14H20O2. The van der Waals surface area contributed by atoms with Crippen molar-refractivity contribution in [2.75, 3.05) is 0 Å². The zero-order chi connectivity index (χ0) is 11.9. The molecule has 1 aromatic carbocycles. The van der Waals surface area contributed by atoms with Gasteiger partial charge in [0.1, 0.15) is 11.4 Å². The second-order valence-corrected chi connectivity index (χ2v) is 5.33. The number of aliphatic hydroxyl groups excluding tert-OH is 1. The van der Waals surface area contributed by atoms with Gasteiger partial charge >= 0.3 is 0 Å². The molecule has 0 aromatic heterocycles. The zero-order valence-electron chi connectivity index (χ0n) is 10.4. The van der Waals surface area contributed by atoms with Crippen LogP contribution in [0.5, 0.6) is 5.75 Å². The first kappa shape index (κ1) is 11.5. The van der Waals surface area contributed by atoms with Crippen LogP contribution in [-0.2, 0) is 0 Å². The Morgan fingerprint density at radius 3 is 2.75 bits per heavy atom. The Hall–Kier alpha value is -1.02.